The third kappa shape index (κ3) is 4.03. The van der Waals surface area contributed by atoms with Gasteiger partial charge in [0.25, 0.3) is 5.89 Å². The van der Waals surface area contributed by atoms with Crippen molar-refractivity contribution in [2.75, 3.05) is 13.2 Å². The number of nitrogens with zero attached hydrogens (tertiary/aromatic N) is 2. The van der Waals surface area contributed by atoms with E-state index in [9.17, 15) is 0 Å². The van der Waals surface area contributed by atoms with Gasteiger partial charge in [-0.1, -0.05) is 25.9 Å². The Bertz CT molecular complexity index is 403. The van der Waals surface area contributed by atoms with E-state index in [1.54, 1.807) is 0 Å². The number of nitrogens with two attached hydrogens (primary N) is 1. The van der Waals surface area contributed by atoms with Gasteiger partial charge in [0.05, 0.1) is 6.61 Å². The molecule has 0 saturated heterocycles. The van der Waals surface area contributed by atoms with Crippen molar-refractivity contribution < 1.29 is 9.26 Å². The Morgan fingerprint density at radius 2 is 1.95 bits per heavy atom. The van der Waals surface area contributed by atoms with Gasteiger partial charge in [-0.2, -0.15) is 4.98 Å². The fraction of sp³-hybridized carbons (Fsp3) is 0.867. The normalized spacial score (nSPS) is 24.0. The largest absolute Gasteiger partial charge is 0.370 e. The van der Waals surface area contributed by atoms with Crippen LogP contribution in [0.3, 0.4) is 0 Å². The van der Waals surface area contributed by atoms with Crippen LogP contribution >= 0.6 is 0 Å². The highest BCUT2D eigenvalue weighted by molar-refractivity contribution is 4.98. The van der Waals surface area contributed by atoms with Crippen molar-refractivity contribution in [3.8, 4) is 0 Å². The Kier molecular flexibility index (Phi) is 5.16. The van der Waals surface area contributed by atoms with Crippen LogP contribution in [-0.2, 0) is 11.3 Å². The van der Waals surface area contributed by atoms with Crippen LogP contribution in [0.15, 0.2) is 4.52 Å². The lowest BCUT2D eigenvalue weighted by molar-refractivity contribution is 0.104. The summed E-state index contributed by atoms with van der Waals surface area (Å²) in [5, 5.41) is 4.11. The molecule has 5 heteroatoms. The Hall–Kier alpha value is -0.940. The highest BCUT2D eigenvalue weighted by Gasteiger charge is 2.31. The average molecular weight is 281 g/mol. The molecule has 0 atom stereocenters. The van der Waals surface area contributed by atoms with E-state index < -0.39 is 0 Å². The summed E-state index contributed by atoms with van der Waals surface area (Å²) in [6.45, 7) is 8.39. The molecule has 5 nitrogen and oxygen atoms in total. The number of hydrogen-bond donors (Lipinski definition) is 1. The zero-order valence-electron chi connectivity index (χ0n) is 12.9. The molecule has 0 radical (unpaired) electrons. The van der Waals surface area contributed by atoms with Crippen molar-refractivity contribution in [2.45, 2.75) is 59.0 Å². The first kappa shape index (κ1) is 15.4. The van der Waals surface area contributed by atoms with Crippen molar-refractivity contribution >= 4 is 0 Å². The van der Waals surface area contributed by atoms with Gasteiger partial charge in [-0.05, 0) is 37.0 Å². The summed E-state index contributed by atoms with van der Waals surface area (Å²) in [5.41, 5.74) is 5.78. The SMILES string of the molecule is CC(C)(C)C1CCC(c2noc(COCCN)n2)CC1. The fourth-order valence-corrected chi connectivity index (χ4v) is 2.95. The molecule has 1 saturated carbocycles. The van der Waals surface area contributed by atoms with Crippen LogP contribution in [0.4, 0.5) is 0 Å². The Morgan fingerprint density at radius 1 is 1.25 bits per heavy atom. The second-order valence-electron chi connectivity index (χ2n) is 6.80. The van der Waals surface area contributed by atoms with E-state index in [4.69, 9.17) is 15.0 Å². The van der Waals surface area contributed by atoms with Gasteiger partial charge in [0.2, 0.25) is 0 Å². The van der Waals surface area contributed by atoms with Crippen molar-refractivity contribution in [2.24, 2.45) is 17.1 Å². The topological polar surface area (TPSA) is 74.2 Å². The molecular weight excluding hydrogens is 254 g/mol. The molecule has 1 aromatic rings. The quantitative estimate of drug-likeness (QED) is 0.840. The lowest BCUT2D eigenvalue weighted by Gasteiger charge is -2.36. The first-order valence-corrected chi connectivity index (χ1v) is 7.61. The van der Waals surface area contributed by atoms with Crippen molar-refractivity contribution in [1.29, 1.82) is 0 Å². The second kappa shape index (κ2) is 6.68. The maximum absolute atomic E-state index is 5.37. The van der Waals surface area contributed by atoms with Crippen LogP contribution < -0.4 is 5.73 Å². The Labute approximate surface area is 121 Å². The molecule has 0 amide bonds. The molecule has 20 heavy (non-hydrogen) atoms. The standard InChI is InChI=1S/C15H27N3O2/c1-15(2,3)12-6-4-11(5-7-12)14-17-13(20-18-14)10-19-9-8-16/h11-12H,4-10,16H2,1-3H3. The summed E-state index contributed by atoms with van der Waals surface area (Å²) < 4.78 is 10.5. The molecule has 0 bridgehead atoms. The van der Waals surface area contributed by atoms with Crippen LogP contribution in [0.1, 0.15) is 64.1 Å². The first-order chi connectivity index (χ1) is 9.50. The van der Waals surface area contributed by atoms with Gasteiger partial charge in [0, 0.05) is 12.5 Å². The molecule has 0 spiro atoms. The molecule has 1 aliphatic rings. The van der Waals surface area contributed by atoms with Gasteiger partial charge in [-0.25, -0.2) is 0 Å². The molecule has 114 valence electrons. The molecule has 1 fully saturated rings. The third-order valence-corrected chi connectivity index (χ3v) is 4.29. The Morgan fingerprint density at radius 3 is 2.55 bits per heavy atom. The lowest BCUT2D eigenvalue weighted by Crippen LogP contribution is -2.25. The zero-order valence-corrected chi connectivity index (χ0v) is 12.9. The highest BCUT2D eigenvalue weighted by atomic mass is 16.5. The van der Waals surface area contributed by atoms with Gasteiger partial charge in [-0.3, -0.25) is 0 Å². The van der Waals surface area contributed by atoms with E-state index in [1.807, 2.05) is 0 Å². The minimum absolute atomic E-state index is 0.363. The van der Waals surface area contributed by atoms with E-state index in [0.29, 0.717) is 37.0 Å². The molecular formula is C15H27N3O2. The monoisotopic (exact) mass is 281 g/mol. The molecule has 1 aromatic heterocycles. The number of aromatic nitrogens is 2. The smallest absolute Gasteiger partial charge is 0.252 e. The number of ether oxygens (including phenoxy) is 1. The molecule has 0 unspecified atom stereocenters. The summed E-state index contributed by atoms with van der Waals surface area (Å²) in [5.74, 6) is 2.66. The van der Waals surface area contributed by atoms with Crippen LogP contribution in [0.5, 0.6) is 0 Å². The van der Waals surface area contributed by atoms with Gasteiger partial charge >= 0.3 is 0 Å². The lowest BCUT2D eigenvalue weighted by atomic mass is 9.70. The summed E-state index contributed by atoms with van der Waals surface area (Å²) >= 11 is 0. The minimum atomic E-state index is 0.363. The summed E-state index contributed by atoms with van der Waals surface area (Å²) in [6, 6.07) is 0. The molecule has 2 rings (SSSR count). The van der Waals surface area contributed by atoms with Crippen LogP contribution in [0, 0.1) is 11.3 Å². The summed E-state index contributed by atoms with van der Waals surface area (Å²) in [4.78, 5) is 4.45. The second-order valence-corrected chi connectivity index (χ2v) is 6.80. The van der Waals surface area contributed by atoms with Gasteiger partial charge in [-0.15, -0.1) is 0 Å². The number of rotatable bonds is 5. The Balaban J connectivity index is 1.84. The zero-order chi connectivity index (χ0) is 14.6. The van der Waals surface area contributed by atoms with E-state index in [0.717, 1.165) is 24.6 Å². The first-order valence-electron chi connectivity index (χ1n) is 7.61. The van der Waals surface area contributed by atoms with Crippen LogP contribution in [-0.4, -0.2) is 23.3 Å². The van der Waals surface area contributed by atoms with E-state index in [-0.39, 0.29) is 0 Å². The van der Waals surface area contributed by atoms with Crippen LogP contribution in [0.2, 0.25) is 0 Å². The summed E-state index contributed by atoms with van der Waals surface area (Å²) in [7, 11) is 0. The van der Waals surface area contributed by atoms with Gasteiger partial charge < -0.3 is 15.0 Å². The van der Waals surface area contributed by atoms with Crippen molar-refractivity contribution in [3.63, 3.8) is 0 Å². The van der Waals surface area contributed by atoms with Crippen molar-refractivity contribution in [1.82, 2.24) is 10.1 Å². The third-order valence-electron chi connectivity index (χ3n) is 4.29. The molecule has 2 N–H and O–H groups in total. The minimum Gasteiger partial charge on any atom is -0.370 e. The van der Waals surface area contributed by atoms with Crippen LogP contribution in [0.25, 0.3) is 0 Å². The average Bonchev–Trinajstić information content (AvgIpc) is 2.87. The predicted octanol–water partition coefficient (Wildman–Crippen LogP) is 2.86. The summed E-state index contributed by atoms with van der Waals surface area (Å²) in [6.07, 6.45) is 4.82. The maximum Gasteiger partial charge on any atom is 0.252 e. The highest BCUT2D eigenvalue weighted by Crippen LogP contribution is 2.42. The van der Waals surface area contributed by atoms with Gasteiger partial charge in [0.15, 0.2) is 5.82 Å². The van der Waals surface area contributed by atoms with Crippen molar-refractivity contribution in [3.05, 3.63) is 11.7 Å². The predicted molar refractivity (Wildman–Crippen MR) is 77.2 cm³/mol. The van der Waals surface area contributed by atoms with E-state index in [1.165, 1.54) is 12.8 Å². The maximum atomic E-state index is 5.37. The molecule has 0 aromatic carbocycles. The molecule has 1 heterocycles. The van der Waals surface area contributed by atoms with Gasteiger partial charge in [0.1, 0.15) is 6.61 Å². The molecule has 0 aliphatic heterocycles. The molecule has 1 aliphatic carbocycles. The fourth-order valence-electron chi connectivity index (χ4n) is 2.95. The number of hydrogen-bond acceptors (Lipinski definition) is 5. The van der Waals surface area contributed by atoms with E-state index in [2.05, 4.69) is 30.9 Å². The van der Waals surface area contributed by atoms with E-state index >= 15 is 0 Å².